The smallest absolute Gasteiger partial charge is 0.224 e. The van der Waals surface area contributed by atoms with Gasteiger partial charge in [-0.2, -0.15) is 0 Å². The summed E-state index contributed by atoms with van der Waals surface area (Å²) >= 11 is 0. The Hall–Kier alpha value is -3.11. The molecule has 0 aliphatic heterocycles. The molecule has 4 nitrogen and oxygen atoms in total. The van der Waals surface area contributed by atoms with Crippen LogP contribution in [0.5, 0.6) is 5.75 Å². The van der Waals surface area contributed by atoms with Gasteiger partial charge in [0.2, 0.25) is 5.91 Å². The van der Waals surface area contributed by atoms with E-state index in [2.05, 4.69) is 58.7 Å². The highest BCUT2D eigenvalue weighted by molar-refractivity contribution is 5.90. The number of methoxy groups -OCH3 is 1. The van der Waals surface area contributed by atoms with E-state index in [4.69, 9.17) is 4.74 Å². The SMILES string of the molecule is COc1cccc2c1CC(CN(CCCC(=O)Nc1ccccc1)Cc1ccccc1)CC2. The summed E-state index contributed by atoms with van der Waals surface area (Å²) in [6, 6.07) is 26.7. The number of carbonyl (C=O) groups excluding carboxylic acids is 1. The van der Waals surface area contributed by atoms with Crippen molar-refractivity contribution in [1.29, 1.82) is 0 Å². The molecule has 1 amide bonds. The zero-order valence-electron chi connectivity index (χ0n) is 19.5. The lowest BCUT2D eigenvalue weighted by atomic mass is 9.83. The van der Waals surface area contributed by atoms with E-state index in [-0.39, 0.29) is 5.91 Å². The standard InChI is InChI=1S/C29H34N2O2/c1-33-28-15-8-12-25-18-17-24(20-27(25)28)22-31(21-23-10-4-2-5-11-23)19-9-16-29(32)30-26-13-6-3-7-14-26/h2-8,10-15,24H,9,16-22H2,1H3,(H,30,32). The highest BCUT2D eigenvalue weighted by atomic mass is 16.5. The quantitative estimate of drug-likeness (QED) is 0.437. The molecule has 1 aliphatic rings. The van der Waals surface area contributed by atoms with E-state index in [1.807, 2.05) is 30.3 Å². The van der Waals surface area contributed by atoms with E-state index >= 15 is 0 Å². The van der Waals surface area contributed by atoms with E-state index in [0.717, 1.165) is 50.3 Å². The van der Waals surface area contributed by atoms with Gasteiger partial charge in [-0.25, -0.2) is 0 Å². The Balaban J connectivity index is 1.36. The number of hydrogen-bond donors (Lipinski definition) is 1. The number of amides is 1. The Labute approximate surface area is 197 Å². The van der Waals surface area contributed by atoms with Crippen LogP contribution >= 0.6 is 0 Å². The number of ether oxygens (including phenoxy) is 1. The minimum atomic E-state index is 0.0807. The van der Waals surface area contributed by atoms with Gasteiger partial charge in [-0.05, 0) is 73.0 Å². The summed E-state index contributed by atoms with van der Waals surface area (Å²) in [7, 11) is 1.77. The van der Waals surface area contributed by atoms with E-state index in [0.29, 0.717) is 12.3 Å². The van der Waals surface area contributed by atoms with E-state index in [9.17, 15) is 4.79 Å². The summed E-state index contributed by atoms with van der Waals surface area (Å²) in [6.45, 7) is 2.86. The van der Waals surface area contributed by atoms with Crippen LogP contribution in [-0.2, 0) is 24.2 Å². The van der Waals surface area contributed by atoms with Gasteiger partial charge in [0.15, 0.2) is 0 Å². The third-order valence-electron chi connectivity index (χ3n) is 6.47. The van der Waals surface area contributed by atoms with Gasteiger partial charge in [-0.3, -0.25) is 9.69 Å². The molecule has 3 aromatic rings. The molecule has 4 rings (SSSR count). The maximum Gasteiger partial charge on any atom is 0.224 e. The van der Waals surface area contributed by atoms with Crippen molar-refractivity contribution in [1.82, 2.24) is 4.90 Å². The maximum atomic E-state index is 12.4. The van der Waals surface area contributed by atoms with Gasteiger partial charge in [0.1, 0.15) is 5.75 Å². The average Bonchev–Trinajstić information content (AvgIpc) is 2.85. The van der Waals surface area contributed by atoms with Gasteiger partial charge >= 0.3 is 0 Å². The summed E-state index contributed by atoms with van der Waals surface area (Å²) in [4.78, 5) is 14.9. The van der Waals surface area contributed by atoms with E-state index in [1.165, 1.54) is 23.1 Å². The third-order valence-corrected chi connectivity index (χ3v) is 6.47. The first-order valence-electron chi connectivity index (χ1n) is 12.0. The molecule has 172 valence electrons. The van der Waals surface area contributed by atoms with Gasteiger partial charge in [-0.1, -0.05) is 60.7 Å². The molecule has 1 unspecified atom stereocenters. The molecule has 0 aromatic heterocycles. The van der Waals surface area contributed by atoms with Crippen molar-refractivity contribution in [3.63, 3.8) is 0 Å². The average molecular weight is 443 g/mol. The maximum absolute atomic E-state index is 12.4. The van der Waals surface area contributed by atoms with Crippen molar-refractivity contribution in [3.05, 3.63) is 95.6 Å². The minimum Gasteiger partial charge on any atom is -0.496 e. The lowest BCUT2D eigenvalue weighted by molar-refractivity contribution is -0.116. The van der Waals surface area contributed by atoms with Gasteiger partial charge < -0.3 is 10.1 Å². The lowest BCUT2D eigenvalue weighted by Gasteiger charge is -2.31. The fourth-order valence-corrected chi connectivity index (χ4v) is 4.82. The highest BCUT2D eigenvalue weighted by Gasteiger charge is 2.23. The lowest BCUT2D eigenvalue weighted by Crippen LogP contribution is -2.33. The molecular weight excluding hydrogens is 408 g/mol. The number of benzene rings is 3. The molecule has 0 heterocycles. The number of fused-ring (bicyclic) bond motifs is 1. The number of hydrogen-bond acceptors (Lipinski definition) is 3. The molecule has 0 saturated carbocycles. The summed E-state index contributed by atoms with van der Waals surface area (Å²) < 4.78 is 5.64. The van der Waals surface area contributed by atoms with Crippen molar-refractivity contribution in [2.24, 2.45) is 5.92 Å². The van der Waals surface area contributed by atoms with Crippen molar-refractivity contribution in [2.75, 3.05) is 25.5 Å². The normalized spacial score (nSPS) is 15.2. The second-order valence-corrected chi connectivity index (χ2v) is 8.95. The number of carbonyl (C=O) groups is 1. The third kappa shape index (κ3) is 6.69. The molecular formula is C29H34N2O2. The van der Waals surface area contributed by atoms with Crippen LogP contribution in [0.4, 0.5) is 5.69 Å². The summed E-state index contributed by atoms with van der Waals surface area (Å²) in [5.41, 5.74) is 4.98. The van der Waals surface area contributed by atoms with Gasteiger partial charge in [0.05, 0.1) is 7.11 Å². The Kier molecular flexibility index (Phi) is 8.15. The molecule has 0 bridgehead atoms. The number of rotatable bonds is 10. The van der Waals surface area contributed by atoms with Crippen molar-refractivity contribution in [2.45, 2.75) is 38.6 Å². The molecule has 1 N–H and O–H groups in total. The minimum absolute atomic E-state index is 0.0807. The molecule has 33 heavy (non-hydrogen) atoms. The molecule has 4 heteroatoms. The first-order valence-corrected chi connectivity index (χ1v) is 12.0. The van der Waals surface area contributed by atoms with Crippen LogP contribution in [0.25, 0.3) is 0 Å². The molecule has 0 saturated heterocycles. The molecule has 0 fully saturated rings. The van der Waals surface area contributed by atoms with E-state index in [1.54, 1.807) is 7.11 Å². The highest BCUT2D eigenvalue weighted by Crippen LogP contribution is 2.32. The fourth-order valence-electron chi connectivity index (χ4n) is 4.82. The van der Waals surface area contributed by atoms with Gasteiger partial charge in [0.25, 0.3) is 0 Å². The molecule has 1 aliphatic carbocycles. The predicted octanol–water partition coefficient (Wildman–Crippen LogP) is 5.72. The number of nitrogens with one attached hydrogen (secondary N) is 1. The summed E-state index contributed by atoms with van der Waals surface area (Å²) in [5.74, 6) is 1.69. The monoisotopic (exact) mass is 442 g/mol. The largest absolute Gasteiger partial charge is 0.496 e. The first kappa shape index (κ1) is 23.1. The van der Waals surface area contributed by atoms with E-state index < -0.39 is 0 Å². The Bertz CT molecular complexity index is 1010. The zero-order valence-corrected chi connectivity index (χ0v) is 19.5. The number of nitrogens with zero attached hydrogens (tertiary/aromatic N) is 1. The van der Waals surface area contributed by atoms with Crippen molar-refractivity contribution in [3.8, 4) is 5.75 Å². The van der Waals surface area contributed by atoms with Crippen LogP contribution in [0, 0.1) is 5.92 Å². The molecule has 0 radical (unpaired) electrons. The second-order valence-electron chi connectivity index (χ2n) is 8.95. The van der Waals surface area contributed by atoms with Crippen LogP contribution in [0.15, 0.2) is 78.9 Å². The van der Waals surface area contributed by atoms with Crippen LogP contribution in [0.3, 0.4) is 0 Å². The Morgan fingerprint density at radius 3 is 2.52 bits per heavy atom. The van der Waals surface area contributed by atoms with Crippen molar-refractivity contribution < 1.29 is 9.53 Å². The fraction of sp³-hybridized carbons (Fsp3) is 0.345. The van der Waals surface area contributed by atoms with Crippen molar-refractivity contribution >= 4 is 11.6 Å². The Morgan fingerprint density at radius 1 is 1.00 bits per heavy atom. The molecule has 3 aromatic carbocycles. The van der Waals surface area contributed by atoms with Gasteiger partial charge in [0, 0.05) is 25.2 Å². The molecule has 1 atom stereocenters. The number of para-hydroxylation sites is 1. The van der Waals surface area contributed by atoms with Crippen LogP contribution in [0.2, 0.25) is 0 Å². The number of aryl methyl sites for hydroxylation is 1. The topological polar surface area (TPSA) is 41.6 Å². The zero-order chi connectivity index (χ0) is 22.9. The summed E-state index contributed by atoms with van der Waals surface area (Å²) in [5, 5.41) is 3.00. The van der Waals surface area contributed by atoms with Crippen LogP contribution in [0.1, 0.15) is 36.0 Å². The summed E-state index contributed by atoms with van der Waals surface area (Å²) in [6.07, 6.45) is 4.73. The second kappa shape index (κ2) is 11.7. The first-order chi connectivity index (χ1) is 16.2. The number of anilines is 1. The predicted molar refractivity (Wildman–Crippen MR) is 135 cm³/mol. The molecule has 0 spiro atoms. The Morgan fingerprint density at radius 2 is 1.76 bits per heavy atom. The van der Waals surface area contributed by atoms with Crippen LogP contribution in [-0.4, -0.2) is 31.0 Å². The van der Waals surface area contributed by atoms with Crippen LogP contribution < -0.4 is 10.1 Å². The van der Waals surface area contributed by atoms with Gasteiger partial charge in [-0.15, -0.1) is 0 Å².